The molecule has 104 valence electrons. The van der Waals surface area contributed by atoms with E-state index in [1.165, 1.54) is 18.2 Å². The molecule has 19 heavy (non-hydrogen) atoms. The summed E-state index contributed by atoms with van der Waals surface area (Å²) in [6.07, 6.45) is 0. The maximum Gasteiger partial charge on any atom is 0.300 e. The van der Waals surface area contributed by atoms with E-state index >= 15 is 0 Å². The number of nitro groups is 1. The summed E-state index contributed by atoms with van der Waals surface area (Å²) in [5, 5.41) is 22.5. The summed E-state index contributed by atoms with van der Waals surface area (Å²) >= 11 is 5.72. The summed E-state index contributed by atoms with van der Waals surface area (Å²) in [6.45, 7) is 3.62. The molecule has 0 aliphatic carbocycles. The summed E-state index contributed by atoms with van der Waals surface area (Å²) in [5.74, 6) is -0.587. The number of aliphatic hydroxyl groups excluding tert-OH is 1. The van der Waals surface area contributed by atoms with Crippen LogP contribution in [0.15, 0.2) is 18.2 Å². The summed E-state index contributed by atoms with van der Waals surface area (Å²) in [5.41, 5.74) is -1.00. The number of rotatable bonds is 5. The Kier molecular flexibility index (Phi) is 4.85. The van der Waals surface area contributed by atoms with Gasteiger partial charge in [0.05, 0.1) is 4.92 Å². The van der Waals surface area contributed by atoms with Gasteiger partial charge in [0.1, 0.15) is 10.6 Å². The molecule has 0 aliphatic rings. The highest BCUT2D eigenvalue weighted by Crippen LogP contribution is 2.28. The van der Waals surface area contributed by atoms with Crippen molar-refractivity contribution < 1.29 is 14.8 Å². The van der Waals surface area contributed by atoms with Crippen LogP contribution in [-0.4, -0.2) is 29.1 Å². The Balaban J connectivity index is 2.95. The highest BCUT2D eigenvalue weighted by molar-refractivity contribution is 6.33. The molecule has 2 N–H and O–H groups in total. The maximum atomic E-state index is 11.9. The number of nitro benzene ring substituents is 1. The van der Waals surface area contributed by atoms with Gasteiger partial charge in [-0.3, -0.25) is 14.9 Å². The van der Waals surface area contributed by atoms with E-state index < -0.39 is 21.9 Å². The van der Waals surface area contributed by atoms with Gasteiger partial charge in [0.2, 0.25) is 0 Å². The Labute approximate surface area is 115 Å². The van der Waals surface area contributed by atoms with Crippen LogP contribution in [0.4, 0.5) is 5.69 Å². The smallest absolute Gasteiger partial charge is 0.300 e. The first-order valence-corrected chi connectivity index (χ1v) is 5.98. The van der Waals surface area contributed by atoms with E-state index in [0.717, 1.165) is 0 Å². The molecular formula is C12H15ClN2O4. The second-order valence-corrected chi connectivity index (χ2v) is 5.31. The molecule has 6 nitrogen and oxygen atoms in total. The molecular weight excluding hydrogens is 272 g/mol. The number of para-hydroxylation sites is 1. The summed E-state index contributed by atoms with van der Waals surface area (Å²) < 4.78 is 0. The minimum absolute atomic E-state index is 0.0842. The molecule has 0 heterocycles. The Morgan fingerprint density at radius 1 is 1.53 bits per heavy atom. The highest BCUT2D eigenvalue weighted by Gasteiger charge is 2.25. The lowest BCUT2D eigenvalue weighted by Crippen LogP contribution is -2.36. The average molecular weight is 287 g/mol. The van der Waals surface area contributed by atoms with Crippen LogP contribution in [0.25, 0.3) is 0 Å². The zero-order valence-corrected chi connectivity index (χ0v) is 11.4. The second kappa shape index (κ2) is 5.99. The molecule has 0 aromatic heterocycles. The molecule has 0 fully saturated rings. The molecule has 0 unspecified atom stereocenters. The number of hydrogen-bond acceptors (Lipinski definition) is 4. The van der Waals surface area contributed by atoms with Crippen LogP contribution in [0.2, 0.25) is 5.02 Å². The van der Waals surface area contributed by atoms with Crippen molar-refractivity contribution in [1.29, 1.82) is 0 Å². The van der Waals surface area contributed by atoms with Gasteiger partial charge >= 0.3 is 5.69 Å². The third-order valence-corrected chi connectivity index (χ3v) is 2.87. The summed E-state index contributed by atoms with van der Waals surface area (Å²) in [6, 6.07) is 4.17. The van der Waals surface area contributed by atoms with Gasteiger partial charge in [-0.25, -0.2) is 0 Å². The van der Waals surface area contributed by atoms with Crippen molar-refractivity contribution in [3.05, 3.63) is 38.9 Å². The molecule has 7 heteroatoms. The SMILES string of the molecule is CC(C)(CO)CNC(=O)c1cccc(Cl)c1[N+](=O)[O-]. The number of halogens is 1. The van der Waals surface area contributed by atoms with Gasteiger partial charge in [-0.1, -0.05) is 31.5 Å². The van der Waals surface area contributed by atoms with Gasteiger partial charge in [-0.15, -0.1) is 0 Å². The van der Waals surface area contributed by atoms with Crippen molar-refractivity contribution in [3.63, 3.8) is 0 Å². The van der Waals surface area contributed by atoms with Crippen molar-refractivity contribution in [2.45, 2.75) is 13.8 Å². The minimum Gasteiger partial charge on any atom is -0.396 e. The molecule has 1 rings (SSSR count). The van der Waals surface area contributed by atoms with Gasteiger partial charge < -0.3 is 10.4 Å². The lowest BCUT2D eigenvalue weighted by molar-refractivity contribution is -0.385. The molecule has 1 aromatic rings. The fraction of sp³-hybridized carbons (Fsp3) is 0.417. The molecule has 0 saturated carbocycles. The van der Waals surface area contributed by atoms with E-state index in [1.807, 2.05) is 0 Å². The number of nitrogens with one attached hydrogen (secondary N) is 1. The number of aliphatic hydroxyl groups is 1. The molecule has 1 aromatic carbocycles. The fourth-order valence-corrected chi connectivity index (χ4v) is 1.60. The third-order valence-electron chi connectivity index (χ3n) is 2.57. The van der Waals surface area contributed by atoms with Gasteiger partial charge in [0, 0.05) is 18.6 Å². The zero-order chi connectivity index (χ0) is 14.6. The third kappa shape index (κ3) is 3.90. The minimum atomic E-state index is -0.686. The van der Waals surface area contributed by atoms with Gasteiger partial charge in [0.25, 0.3) is 5.91 Å². The van der Waals surface area contributed by atoms with E-state index in [-0.39, 0.29) is 23.7 Å². The number of amides is 1. The van der Waals surface area contributed by atoms with Crippen molar-refractivity contribution in [1.82, 2.24) is 5.32 Å². The summed E-state index contributed by atoms with van der Waals surface area (Å²) in [7, 11) is 0. The van der Waals surface area contributed by atoms with E-state index in [0.29, 0.717) is 0 Å². The lowest BCUT2D eigenvalue weighted by Gasteiger charge is -2.21. The van der Waals surface area contributed by atoms with E-state index in [9.17, 15) is 14.9 Å². The van der Waals surface area contributed by atoms with Crippen LogP contribution < -0.4 is 5.32 Å². The largest absolute Gasteiger partial charge is 0.396 e. The standard InChI is InChI=1S/C12H15ClN2O4/c1-12(2,7-16)6-14-11(17)8-4-3-5-9(13)10(8)15(18)19/h3-5,16H,6-7H2,1-2H3,(H,14,17). The van der Waals surface area contributed by atoms with Crippen molar-refractivity contribution in [3.8, 4) is 0 Å². The molecule has 1 amide bonds. The van der Waals surface area contributed by atoms with Gasteiger partial charge in [0.15, 0.2) is 0 Å². The summed E-state index contributed by atoms with van der Waals surface area (Å²) in [4.78, 5) is 22.1. The monoisotopic (exact) mass is 286 g/mol. The van der Waals surface area contributed by atoms with Crippen molar-refractivity contribution in [2.24, 2.45) is 5.41 Å². The Hall–Kier alpha value is -1.66. The zero-order valence-electron chi connectivity index (χ0n) is 10.6. The van der Waals surface area contributed by atoms with Crippen molar-refractivity contribution in [2.75, 3.05) is 13.2 Å². The first-order chi connectivity index (χ1) is 8.78. The predicted octanol–water partition coefficient (Wildman–Crippen LogP) is 2.00. The Morgan fingerprint density at radius 2 is 2.16 bits per heavy atom. The number of benzene rings is 1. The molecule has 0 bridgehead atoms. The second-order valence-electron chi connectivity index (χ2n) is 4.90. The van der Waals surface area contributed by atoms with Crippen LogP contribution in [-0.2, 0) is 0 Å². The topological polar surface area (TPSA) is 92.5 Å². The van der Waals surface area contributed by atoms with E-state index in [4.69, 9.17) is 16.7 Å². The van der Waals surface area contributed by atoms with Crippen LogP contribution in [0.3, 0.4) is 0 Å². The molecule has 0 aliphatic heterocycles. The predicted molar refractivity (Wildman–Crippen MR) is 71.3 cm³/mol. The molecule has 0 saturated heterocycles. The van der Waals surface area contributed by atoms with Crippen molar-refractivity contribution >= 4 is 23.2 Å². The van der Waals surface area contributed by atoms with Gasteiger partial charge in [-0.2, -0.15) is 0 Å². The maximum absolute atomic E-state index is 11.9. The van der Waals surface area contributed by atoms with E-state index in [2.05, 4.69) is 5.32 Å². The van der Waals surface area contributed by atoms with E-state index in [1.54, 1.807) is 13.8 Å². The van der Waals surface area contributed by atoms with Crippen LogP contribution in [0.1, 0.15) is 24.2 Å². The number of hydrogen-bond donors (Lipinski definition) is 2. The van der Waals surface area contributed by atoms with Crippen LogP contribution in [0, 0.1) is 15.5 Å². The first-order valence-electron chi connectivity index (χ1n) is 5.60. The number of carbonyl (C=O) groups excluding carboxylic acids is 1. The number of nitrogens with zero attached hydrogens (tertiary/aromatic N) is 1. The normalized spacial score (nSPS) is 11.2. The first kappa shape index (κ1) is 15.4. The van der Waals surface area contributed by atoms with Crippen LogP contribution >= 0.6 is 11.6 Å². The lowest BCUT2D eigenvalue weighted by atomic mass is 9.95. The molecule has 0 spiro atoms. The quantitative estimate of drug-likeness (QED) is 0.639. The molecule has 0 radical (unpaired) electrons. The van der Waals surface area contributed by atoms with Gasteiger partial charge in [-0.05, 0) is 12.1 Å². The Bertz CT molecular complexity index is 503. The Morgan fingerprint density at radius 3 is 2.68 bits per heavy atom. The van der Waals surface area contributed by atoms with Crippen LogP contribution in [0.5, 0.6) is 0 Å². The average Bonchev–Trinajstić information content (AvgIpc) is 2.35. The number of carbonyl (C=O) groups is 1. The fourth-order valence-electron chi connectivity index (χ4n) is 1.35. The molecule has 0 atom stereocenters. The highest BCUT2D eigenvalue weighted by atomic mass is 35.5.